The minimum absolute atomic E-state index is 0.250. The predicted molar refractivity (Wildman–Crippen MR) is 62.4 cm³/mol. The molecule has 0 saturated carbocycles. The zero-order chi connectivity index (χ0) is 11.0. The number of thioether (sulfide) groups is 1. The Morgan fingerprint density at radius 3 is 2.88 bits per heavy atom. The Morgan fingerprint density at radius 1 is 1.38 bits per heavy atom. The van der Waals surface area contributed by atoms with Gasteiger partial charge in [0.2, 0.25) is 5.91 Å². The van der Waals surface area contributed by atoms with Crippen LogP contribution in [0.25, 0.3) is 0 Å². The molecule has 16 heavy (non-hydrogen) atoms. The molecule has 2 aliphatic heterocycles. The number of nitrogens with zero attached hydrogens (tertiary/aromatic N) is 2. The van der Waals surface area contributed by atoms with E-state index in [1.54, 1.807) is 0 Å². The molecule has 82 valence electrons. The van der Waals surface area contributed by atoms with Crippen molar-refractivity contribution in [3.8, 4) is 0 Å². The van der Waals surface area contributed by atoms with E-state index < -0.39 is 0 Å². The quantitative estimate of drug-likeness (QED) is 0.565. The van der Waals surface area contributed by atoms with Gasteiger partial charge in [0.15, 0.2) is 18.9 Å². The van der Waals surface area contributed by atoms with E-state index in [0.717, 1.165) is 6.54 Å². The Bertz CT molecular complexity index is 432. The third kappa shape index (κ3) is 1.73. The fourth-order valence-corrected chi connectivity index (χ4v) is 3.38. The summed E-state index contributed by atoms with van der Waals surface area (Å²) in [7, 11) is 0. The highest BCUT2D eigenvalue weighted by Crippen LogP contribution is 2.36. The highest BCUT2D eigenvalue weighted by molar-refractivity contribution is 8.00. The summed E-state index contributed by atoms with van der Waals surface area (Å²) in [5.41, 5.74) is 0. The molecule has 2 atom stereocenters. The van der Waals surface area contributed by atoms with E-state index in [0.29, 0.717) is 17.0 Å². The van der Waals surface area contributed by atoms with E-state index in [1.807, 2.05) is 41.1 Å². The number of aromatic nitrogens is 1. The molecule has 3 heterocycles. The summed E-state index contributed by atoms with van der Waals surface area (Å²) >= 11 is 1.88. The zero-order valence-corrected chi connectivity index (χ0v) is 9.64. The smallest absolute Gasteiger partial charge is 0.230 e. The first-order valence-corrected chi connectivity index (χ1v) is 6.36. The number of carbonyl (C=O) groups is 1. The van der Waals surface area contributed by atoms with Crippen LogP contribution in [0.3, 0.4) is 0 Å². The summed E-state index contributed by atoms with van der Waals surface area (Å²) in [5, 5.41) is 0.855. The fraction of sp³-hybridized carbons (Fsp3) is 0.333. The lowest BCUT2D eigenvalue weighted by Crippen LogP contribution is -2.51. The predicted octanol–water partition coefficient (Wildman–Crippen LogP) is 1.16. The van der Waals surface area contributed by atoms with Gasteiger partial charge in [-0.15, -0.1) is 11.8 Å². The van der Waals surface area contributed by atoms with Crippen LogP contribution >= 0.6 is 11.8 Å². The summed E-state index contributed by atoms with van der Waals surface area (Å²) in [5.74, 6) is 0.250. The number of fused-ring (bicyclic) bond motifs is 1. The molecule has 0 spiro atoms. The molecule has 0 aromatic carbocycles. The molecule has 3 rings (SSSR count). The van der Waals surface area contributed by atoms with Crippen LogP contribution in [0, 0.1) is 0 Å². The van der Waals surface area contributed by atoms with Gasteiger partial charge >= 0.3 is 0 Å². The minimum atomic E-state index is 0.250. The molecule has 1 saturated heterocycles. The van der Waals surface area contributed by atoms with E-state index in [2.05, 4.69) is 23.0 Å². The first-order valence-electron chi connectivity index (χ1n) is 5.42. The van der Waals surface area contributed by atoms with Crippen molar-refractivity contribution in [2.75, 3.05) is 0 Å². The van der Waals surface area contributed by atoms with Gasteiger partial charge in [-0.05, 0) is 6.08 Å². The normalized spacial score (nSPS) is 27.5. The maximum absolute atomic E-state index is 11.2. The second kappa shape index (κ2) is 3.94. The Labute approximate surface area is 98.8 Å². The van der Waals surface area contributed by atoms with Crippen LogP contribution in [0.15, 0.2) is 42.9 Å². The number of β-lactam (4-membered cyclic amide) rings is 1. The summed E-state index contributed by atoms with van der Waals surface area (Å²) in [4.78, 5) is 13.0. The van der Waals surface area contributed by atoms with Crippen molar-refractivity contribution in [2.24, 2.45) is 0 Å². The molecule has 1 amide bonds. The molecule has 3 nitrogen and oxygen atoms in total. The van der Waals surface area contributed by atoms with Crippen LogP contribution in [0.4, 0.5) is 0 Å². The van der Waals surface area contributed by atoms with Crippen LogP contribution in [0.5, 0.6) is 0 Å². The molecule has 0 aliphatic carbocycles. The topological polar surface area (TPSA) is 24.2 Å². The van der Waals surface area contributed by atoms with Gasteiger partial charge in [-0.1, -0.05) is 6.07 Å². The van der Waals surface area contributed by atoms with Crippen LogP contribution in [0.1, 0.15) is 6.42 Å². The second-order valence-corrected chi connectivity index (χ2v) is 5.47. The first kappa shape index (κ1) is 9.90. The number of pyridine rings is 1. The van der Waals surface area contributed by atoms with Gasteiger partial charge < -0.3 is 4.90 Å². The van der Waals surface area contributed by atoms with Gasteiger partial charge in [0, 0.05) is 18.3 Å². The van der Waals surface area contributed by atoms with Gasteiger partial charge in [0.25, 0.3) is 0 Å². The van der Waals surface area contributed by atoms with Crippen molar-refractivity contribution in [1.82, 2.24) is 4.90 Å². The average Bonchev–Trinajstić information content (AvgIpc) is 2.29. The zero-order valence-electron chi connectivity index (χ0n) is 8.82. The molecule has 1 unspecified atom stereocenters. The largest absolute Gasteiger partial charge is 0.306 e. The molecule has 0 N–H and O–H groups in total. The van der Waals surface area contributed by atoms with Gasteiger partial charge in [0.05, 0.1) is 17.0 Å². The summed E-state index contributed by atoms with van der Waals surface area (Å²) < 4.78 is 2.18. The number of hydrogen-bond acceptors (Lipinski definition) is 2. The summed E-state index contributed by atoms with van der Waals surface area (Å²) in [6.45, 7) is 0.973. The fourth-order valence-electron chi connectivity index (χ4n) is 2.00. The molecule has 4 heteroatoms. The monoisotopic (exact) mass is 233 g/mol. The Morgan fingerprint density at radius 2 is 2.19 bits per heavy atom. The Hall–Kier alpha value is -1.29. The lowest BCUT2D eigenvalue weighted by molar-refractivity contribution is -0.695. The van der Waals surface area contributed by atoms with Crippen LogP contribution in [0.2, 0.25) is 0 Å². The van der Waals surface area contributed by atoms with E-state index in [4.69, 9.17) is 0 Å². The third-order valence-electron chi connectivity index (χ3n) is 2.91. The van der Waals surface area contributed by atoms with Crippen LogP contribution in [-0.2, 0) is 11.3 Å². The number of amides is 1. The van der Waals surface area contributed by atoms with E-state index in [1.165, 1.54) is 0 Å². The van der Waals surface area contributed by atoms with Gasteiger partial charge in [-0.3, -0.25) is 4.79 Å². The lowest BCUT2D eigenvalue weighted by Gasteiger charge is -2.41. The molecular formula is C12H13N2OS+. The second-order valence-electron chi connectivity index (χ2n) is 4.05. The maximum atomic E-state index is 11.2. The van der Waals surface area contributed by atoms with Crippen LogP contribution in [-0.4, -0.2) is 21.4 Å². The SMILES string of the molecule is O=C1C[C@H]2SC(C[n+]3ccccc3)C=CN12. The molecule has 1 aromatic rings. The number of rotatable bonds is 2. The highest BCUT2D eigenvalue weighted by atomic mass is 32.2. The summed E-state index contributed by atoms with van der Waals surface area (Å²) in [6, 6.07) is 6.10. The van der Waals surface area contributed by atoms with Gasteiger partial charge in [0.1, 0.15) is 0 Å². The van der Waals surface area contributed by atoms with Crippen molar-refractivity contribution in [1.29, 1.82) is 0 Å². The Kier molecular flexibility index (Phi) is 2.44. The molecule has 1 aromatic heterocycles. The molecule has 1 fully saturated rings. The maximum Gasteiger partial charge on any atom is 0.230 e. The molecule has 0 bridgehead atoms. The van der Waals surface area contributed by atoms with Crippen molar-refractivity contribution >= 4 is 17.7 Å². The van der Waals surface area contributed by atoms with E-state index >= 15 is 0 Å². The molecule has 2 aliphatic rings. The van der Waals surface area contributed by atoms with Crippen molar-refractivity contribution in [2.45, 2.75) is 23.6 Å². The Balaban J connectivity index is 1.68. The first-order chi connectivity index (χ1) is 7.83. The number of hydrogen-bond donors (Lipinski definition) is 0. The van der Waals surface area contributed by atoms with Crippen molar-refractivity contribution in [3.63, 3.8) is 0 Å². The molecule has 0 radical (unpaired) electrons. The summed E-state index contributed by atoms with van der Waals surface area (Å²) in [6.07, 6.45) is 8.92. The van der Waals surface area contributed by atoms with Crippen LogP contribution < -0.4 is 4.57 Å². The van der Waals surface area contributed by atoms with E-state index in [9.17, 15) is 4.79 Å². The third-order valence-corrected chi connectivity index (χ3v) is 4.27. The minimum Gasteiger partial charge on any atom is -0.306 e. The van der Waals surface area contributed by atoms with E-state index in [-0.39, 0.29) is 5.91 Å². The van der Waals surface area contributed by atoms with Crippen molar-refractivity contribution in [3.05, 3.63) is 42.9 Å². The highest BCUT2D eigenvalue weighted by Gasteiger charge is 2.39. The molecular weight excluding hydrogens is 220 g/mol. The van der Waals surface area contributed by atoms with Gasteiger partial charge in [-0.25, -0.2) is 4.57 Å². The lowest BCUT2D eigenvalue weighted by atomic mass is 10.2. The van der Waals surface area contributed by atoms with Gasteiger partial charge in [-0.2, -0.15) is 0 Å². The van der Waals surface area contributed by atoms with Crippen molar-refractivity contribution < 1.29 is 9.36 Å². The standard InChI is InChI=1S/C12H13N2OS/c15-11-8-12-14(11)7-4-10(16-12)9-13-5-2-1-3-6-13/h1-7,10,12H,8-9H2/q+1/t10?,12-/m1/s1. The average molecular weight is 233 g/mol. The number of carbonyl (C=O) groups excluding carboxylic acids is 1.